The molecule has 0 unspecified atom stereocenters. The lowest BCUT2D eigenvalue weighted by atomic mass is 10.1. The Balaban J connectivity index is 2.13. The number of para-hydroxylation sites is 1. The smallest absolute Gasteiger partial charge is 0.314 e. The Labute approximate surface area is 138 Å². The minimum Gasteiger partial charge on any atom is -0.316 e. The Kier molecular flexibility index (Phi) is 5.06. The summed E-state index contributed by atoms with van der Waals surface area (Å²) >= 11 is 12.0. The molecule has 114 valence electrons. The molecule has 2 rings (SSSR count). The van der Waals surface area contributed by atoms with Gasteiger partial charge >= 0.3 is 11.8 Å². The molecule has 6 heteroatoms. The van der Waals surface area contributed by atoms with E-state index in [1.807, 2.05) is 13.0 Å². The van der Waals surface area contributed by atoms with Crippen LogP contribution in [0.4, 0.5) is 11.4 Å². The minimum atomic E-state index is -0.816. The fourth-order valence-electron chi connectivity index (χ4n) is 1.99. The van der Waals surface area contributed by atoms with Gasteiger partial charge in [0.1, 0.15) is 0 Å². The Morgan fingerprint density at radius 2 is 1.55 bits per heavy atom. The maximum atomic E-state index is 12.0. The molecule has 2 aromatic rings. The zero-order chi connectivity index (χ0) is 16.3. The van der Waals surface area contributed by atoms with Crippen molar-refractivity contribution in [3.8, 4) is 0 Å². The number of hydrogen-bond acceptors (Lipinski definition) is 2. The molecule has 0 fully saturated rings. The van der Waals surface area contributed by atoms with Crippen LogP contribution in [0, 0.1) is 13.8 Å². The van der Waals surface area contributed by atoms with E-state index in [-0.39, 0.29) is 0 Å². The van der Waals surface area contributed by atoms with Crippen molar-refractivity contribution in [1.29, 1.82) is 0 Å². The number of halogens is 2. The Hall–Kier alpha value is -2.04. The summed E-state index contributed by atoms with van der Waals surface area (Å²) in [6, 6.07) is 10.3. The second kappa shape index (κ2) is 6.81. The topological polar surface area (TPSA) is 58.2 Å². The van der Waals surface area contributed by atoms with Gasteiger partial charge in [0.05, 0.1) is 21.4 Å². The Morgan fingerprint density at radius 1 is 0.909 bits per heavy atom. The fourth-order valence-corrected chi connectivity index (χ4v) is 2.54. The first-order valence-electron chi connectivity index (χ1n) is 6.52. The average Bonchev–Trinajstić information content (AvgIpc) is 2.45. The van der Waals surface area contributed by atoms with Crippen molar-refractivity contribution in [3.05, 3.63) is 57.6 Å². The molecular weight excluding hydrogens is 323 g/mol. The van der Waals surface area contributed by atoms with Crippen molar-refractivity contribution >= 4 is 46.4 Å². The highest BCUT2D eigenvalue weighted by Crippen LogP contribution is 2.27. The molecule has 0 aromatic heterocycles. The van der Waals surface area contributed by atoms with Gasteiger partial charge in [0, 0.05) is 0 Å². The summed E-state index contributed by atoms with van der Waals surface area (Å²) in [6.45, 7) is 3.70. The second-order valence-corrected chi connectivity index (χ2v) is 5.64. The van der Waals surface area contributed by atoms with Crippen LogP contribution in [-0.2, 0) is 9.59 Å². The van der Waals surface area contributed by atoms with Gasteiger partial charge in [-0.1, -0.05) is 41.4 Å². The fraction of sp³-hybridized carbons (Fsp3) is 0.125. The lowest BCUT2D eigenvalue weighted by molar-refractivity contribution is -0.133. The van der Waals surface area contributed by atoms with E-state index in [4.69, 9.17) is 23.2 Å². The third kappa shape index (κ3) is 3.78. The van der Waals surface area contributed by atoms with Crippen molar-refractivity contribution in [3.63, 3.8) is 0 Å². The molecular formula is C16H14Cl2N2O2. The summed E-state index contributed by atoms with van der Waals surface area (Å²) in [5.41, 5.74) is 2.55. The van der Waals surface area contributed by atoms with Gasteiger partial charge in [-0.2, -0.15) is 0 Å². The molecule has 0 saturated heterocycles. The molecule has 0 heterocycles. The monoisotopic (exact) mass is 336 g/mol. The van der Waals surface area contributed by atoms with E-state index in [0.717, 1.165) is 11.1 Å². The molecule has 2 amide bonds. The van der Waals surface area contributed by atoms with Crippen LogP contribution >= 0.6 is 23.2 Å². The summed E-state index contributed by atoms with van der Waals surface area (Å²) in [7, 11) is 0. The highest BCUT2D eigenvalue weighted by Gasteiger charge is 2.17. The summed E-state index contributed by atoms with van der Waals surface area (Å²) in [5, 5.41) is 5.71. The van der Waals surface area contributed by atoms with Gasteiger partial charge in [0.25, 0.3) is 0 Å². The second-order valence-electron chi connectivity index (χ2n) is 4.83. The summed E-state index contributed by atoms with van der Waals surface area (Å²) in [4.78, 5) is 23.9. The number of carbonyl (C=O) groups excluding carboxylic acids is 2. The summed E-state index contributed by atoms with van der Waals surface area (Å²) in [6.07, 6.45) is 0. The van der Waals surface area contributed by atoms with Crippen molar-refractivity contribution < 1.29 is 9.59 Å². The van der Waals surface area contributed by atoms with Crippen LogP contribution in [0.2, 0.25) is 10.0 Å². The molecule has 0 bridgehead atoms. The Bertz CT molecular complexity index is 722. The van der Waals surface area contributed by atoms with E-state index in [0.29, 0.717) is 21.4 Å². The van der Waals surface area contributed by atoms with Crippen LogP contribution in [0.15, 0.2) is 36.4 Å². The van der Waals surface area contributed by atoms with E-state index in [2.05, 4.69) is 10.6 Å². The number of carbonyl (C=O) groups is 2. The number of hydrogen-bond donors (Lipinski definition) is 2. The standard InChI is InChI=1S/C16H14Cl2N2O2/c1-9-7-10(2)14(12(18)8-9)20-16(22)15(21)19-13-6-4-3-5-11(13)17/h3-8H,1-2H3,(H,19,21)(H,20,22). The summed E-state index contributed by atoms with van der Waals surface area (Å²) < 4.78 is 0. The first-order chi connectivity index (χ1) is 10.4. The molecule has 22 heavy (non-hydrogen) atoms. The molecule has 4 nitrogen and oxygen atoms in total. The van der Waals surface area contributed by atoms with Gasteiger partial charge < -0.3 is 10.6 Å². The number of rotatable bonds is 2. The normalized spacial score (nSPS) is 10.2. The average molecular weight is 337 g/mol. The molecule has 0 radical (unpaired) electrons. The van der Waals surface area contributed by atoms with Crippen LogP contribution < -0.4 is 10.6 Å². The van der Waals surface area contributed by atoms with Crippen LogP contribution in [0.1, 0.15) is 11.1 Å². The lowest BCUT2D eigenvalue weighted by Crippen LogP contribution is -2.29. The van der Waals surface area contributed by atoms with Crippen molar-refractivity contribution in [2.24, 2.45) is 0 Å². The lowest BCUT2D eigenvalue weighted by Gasteiger charge is -2.12. The SMILES string of the molecule is Cc1cc(C)c(NC(=O)C(=O)Nc2ccccc2Cl)c(Cl)c1. The number of nitrogens with one attached hydrogen (secondary N) is 2. The molecule has 0 saturated carbocycles. The van der Waals surface area contributed by atoms with Crippen LogP contribution in [0.5, 0.6) is 0 Å². The van der Waals surface area contributed by atoms with E-state index in [1.165, 1.54) is 0 Å². The zero-order valence-electron chi connectivity index (χ0n) is 12.0. The molecule has 2 N–H and O–H groups in total. The van der Waals surface area contributed by atoms with Gasteiger partial charge in [-0.3, -0.25) is 9.59 Å². The predicted octanol–water partition coefficient (Wildman–Crippen LogP) is 4.19. The predicted molar refractivity (Wildman–Crippen MR) is 89.6 cm³/mol. The van der Waals surface area contributed by atoms with Gasteiger partial charge in [-0.25, -0.2) is 0 Å². The quantitative estimate of drug-likeness (QED) is 0.808. The molecule has 2 aromatic carbocycles. The van der Waals surface area contributed by atoms with Gasteiger partial charge in [0.15, 0.2) is 0 Å². The van der Waals surface area contributed by atoms with Crippen molar-refractivity contribution in [2.75, 3.05) is 10.6 Å². The third-order valence-electron chi connectivity index (χ3n) is 3.00. The highest BCUT2D eigenvalue weighted by molar-refractivity contribution is 6.45. The highest BCUT2D eigenvalue weighted by atomic mass is 35.5. The summed E-state index contributed by atoms with van der Waals surface area (Å²) in [5.74, 6) is -1.63. The first kappa shape index (κ1) is 16.3. The number of anilines is 2. The largest absolute Gasteiger partial charge is 0.316 e. The minimum absolute atomic E-state index is 0.355. The van der Waals surface area contributed by atoms with Gasteiger partial charge in [-0.15, -0.1) is 0 Å². The molecule has 0 aliphatic rings. The number of benzene rings is 2. The molecule has 0 spiro atoms. The van der Waals surface area contributed by atoms with E-state index < -0.39 is 11.8 Å². The Morgan fingerprint density at radius 3 is 2.18 bits per heavy atom. The van der Waals surface area contributed by atoms with E-state index in [1.54, 1.807) is 37.3 Å². The maximum absolute atomic E-state index is 12.0. The zero-order valence-corrected chi connectivity index (χ0v) is 13.5. The third-order valence-corrected chi connectivity index (χ3v) is 3.63. The van der Waals surface area contributed by atoms with E-state index in [9.17, 15) is 9.59 Å². The van der Waals surface area contributed by atoms with Gasteiger partial charge in [0.2, 0.25) is 0 Å². The number of aryl methyl sites for hydroxylation is 2. The van der Waals surface area contributed by atoms with E-state index >= 15 is 0 Å². The number of amides is 2. The molecule has 0 aliphatic carbocycles. The van der Waals surface area contributed by atoms with Gasteiger partial charge in [-0.05, 0) is 43.2 Å². The molecule has 0 atom stereocenters. The van der Waals surface area contributed by atoms with Crippen LogP contribution in [0.25, 0.3) is 0 Å². The maximum Gasteiger partial charge on any atom is 0.314 e. The molecule has 0 aliphatic heterocycles. The van der Waals surface area contributed by atoms with Crippen LogP contribution in [-0.4, -0.2) is 11.8 Å². The van der Waals surface area contributed by atoms with Crippen molar-refractivity contribution in [1.82, 2.24) is 0 Å². The first-order valence-corrected chi connectivity index (χ1v) is 7.27. The van der Waals surface area contributed by atoms with Crippen LogP contribution in [0.3, 0.4) is 0 Å². The van der Waals surface area contributed by atoms with Crippen molar-refractivity contribution in [2.45, 2.75) is 13.8 Å².